The zero-order valence-electron chi connectivity index (χ0n) is 15.2. The lowest BCUT2D eigenvalue weighted by molar-refractivity contribution is -0.384. The number of rotatable bonds is 5. The number of non-ortho nitro benzene ring substituents is 1. The van der Waals surface area contributed by atoms with E-state index in [0.717, 1.165) is 17.9 Å². The second kappa shape index (κ2) is 7.57. The van der Waals surface area contributed by atoms with Crippen LogP contribution in [0.3, 0.4) is 0 Å². The van der Waals surface area contributed by atoms with Crippen LogP contribution in [0.2, 0.25) is 0 Å². The molecule has 0 atom stereocenters. The topological polar surface area (TPSA) is 110 Å². The van der Waals surface area contributed by atoms with Gasteiger partial charge in [0.05, 0.1) is 11.2 Å². The number of aromatic nitrogens is 2. The highest BCUT2D eigenvalue weighted by atomic mass is 32.2. The highest BCUT2D eigenvalue weighted by Gasteiger charge is 2.24. The molecule has 0 aliphatic carbocycles. The first-order chi connectivity index (χ1) is 12.8. The van der Waals surface area contributed by atoms with Crippen LogP contribution in [0.25, 0.3) is 11.4 Å². The fourth-order valence-electron chi connectivity index (χ4n) is 2.94. The van der Waals surface area contributed by atoms with Crippen molar-refractivity contribution in [3.8, 4) is 11.4 Å². The molecule has 0 bridgehead atoms. The van der Waals surface area contributed by atoms with Gasteiger partial charge in [-0.1, -0.05) is 6.92 Å². The summed E-state index contributed by atoms with van der Waals surface area (Å²) in [6, 6.07) is 8.05. The number of hydrogen-bond donors (Lipinski definition) is 0. The first-order valence-electron chi connectivity index (χ1n) is 8.61. The van der Waals surface area contributed by atoms with E-state index < -0.39 is 14.9 Å². The molecule has 1 aromatic carbocycles. The number of nitro groups is 1. The monoisotopic (exact) mass is 391 g/mol. The third kappa shape index (κ3) is 4.40. The predicted octanol–water partition coefficient (Wildman–Crippen LogP) is 1.70. The molecular weight excluding hydrogens is 370 g/mol. The summed E-state index contributed by atoms with van der Waals surface area (Å²) in [5, 5.41) is 10.8. The maximum atomic E-state index is 11.7. The van der Waals surface area contributed by atoms with E-state index in [1.165, 1.54) is 22.7 Å². The number of aryl methyl sites for hydroxylation is 1. The fourth-order valence-corrected chi connectivity index (χ4v) is 3.76. The van der Waals surface area contributed by atoms with Crippen molar-refractivity contribution in [2.75, 3.05) is 37.3 Å². The lowest BCUT2D eigenvalue weighted by atomic mass is 10.2. The average molecular weight is 391 g/mol. The zero-order valence-corrected chi connectivity index (χ0v) is 16.0. The summed E-state index contributed by atoms with van der Waals surface area (Å²) in [7, 11) is -3.19. The zero-order chi connectivity index (χ0) is 19.6. The smallest absolute Gasteiger partial charge is 0.269 e. The molecule has 144 valence electrons. The summed E-state index contributed by atoms with van der Waals surface area (Å²) < 4.78 is 24.8. The van der Waals surface area contributed by atoms with Crippen molar-refractivity contribution >= 4 is 21.5 Å². The molecule has 2 aromatic rings. The molecule has 0 amide bonds. The summed E-state index contributed by atoms with van der Waals surface area (Å²) in [4.78, 5) is 21.6. The standard InChI is InChI=1S/C17H21N5O4S/c1-3-14-12-16(20-8-10-21(11-9-20)27(2,25)26)19-17(18-14)13-4-6-15(7-5-13)22(23)24/h4-7,12H,3,8-11H2,1-2H3. The maximum Gasteiger partial charge on any atom is 0.269 e. The molecule has 1 aliphatic rings. The highest BCUT2D eigenvalue weighted by molar-refractivity contribution is 7.88. The minimum Gasteiger partial charge on any atom is -0.354 e. The Morgan fingerprint density at radius 2 is 1.74 bits per heavy atom. The largest absolute Gasteiger partial charge is 0.354 e. The number of sulfonamides is 1. The van der Waals surface area contributed by atoms with E-state index in [-0.39, 0.29) is 5.69 Å². The minimum atomic E-state index is -3.19. The van der Waals surface area contributed by atoms with Crippen molar-refractivity contribution in [3.63, 3.8) is 0 Å². The maximum absolute atomic E-state index is 11.7. The number of hydrogen-bond acceptors (Lipinski definition) is 7. The average Bonchev–Trinajstić information content (AvgIpc) is 2.67. The van der Waals surface area contributed by atoms with Crippen molar-refractivity contribution in [2.45, 2.75) is 13.3 Å². The van der Waals surface area contributed by atoms with Gasteiger partial charge in [0.2, 0.25) is 10.0 Å². The van der Waals surface area contributed by atoms with Gasteiger partial charge >= 0.3 is 0 Å². The number of nitrogens with zero attached hydrogens (tertiary/aromatic N) is 5. The van der Waals surface area contributed by atoms with Gasteiger partial charge in [0.15, 0.2) is 5.82 Å². The molecule has 27 heavy (non-hydrogen) atoms. The van der Waals surface area contributed by atoms with Gasteiger partial charge in [0.1, 0.15) is 5.82 Å². The van der Waals surface area contributed by atoms with Gasteiger partial charge in [-0.3, -0.25) is 10.1 Å². The number of nitro benzene ring substituents is 1. The summed E-state index contributed by atoms with van der Waals surface area (Å²) >= 11 is 0. The molecule has 2 heterocycles. The molecule has 10 heteroatoms. The quantitative estimate of drug-likeness (QED) is 0.563. The van der Waals surface area contributed by atoms with E-state index >= 15 is 0 Å². The Hall–Kier alpha value is -2.59. The summed E-state index contributed by atoms with van der Waals surface area (Å²) in [5.74, 6) is 1.24. The number of anilines is 1. The van der Waals surface area contributed by atoms with Crippen LogP contribution in [-0.4, -0.2) is 60.0 Å². The van der Waals surface area contributed by atoms with E-state index in [2.05, 4.69) is 9.97 Å². The molecule has 3 rings (SSSR count). The van der Waals surface area contributed by atoms with E-state index in [0.29, 0.717) is 37.6 Å². The molecule has 1 fully saturated rings. The molecule has 0 spiro atoms. The Balaban J connectivity index is 1.87. The van der Waals surface area contributed by atoms with Gasteiger partial charge in [-0.2, -0.15) is 4.31 Å². The van der Waals surface area contributed by atoms with Gasteiger partial charge in [-0.25, -0.2) is 18.4 Å². The van der Waals surface area contributed by atoms with Crippen LogP contribution < -0.4 is 4.90 Å². The van der Waals surface area contributed by atoms with Gasteiger partial charge in [0.25, 0.3) is 5.69 Å². The van der Waals surface area contributed by atoms with Crippen LogP contribution in [0, 0.1) is 10.1 Å². The van der Waals surface area contributed by atoms with E-state index in [1.807, 2.05) is 17.9 Å². The van der Waals surface area contributed by atoms with Crippen LogP contribution in [0.4, 0.5) is 11.5 Å². The van der Waals surface area contributed by atoms with E-state index in [1.54, 1.807) is 12.1 Å². The van der Waals surface area contributed by atoms with Crippen molar-refractivity contribution in [1.29, 1.82) is 0 Å². The van der Waals surface area contributed by atoms with Gasteiger partial charge in [-0.15, -0.1) is 0 Å². The molecule has 1 aromatic heterocycles. The minimum absolute atomic E-state index is 0.0162. The Labute approximate surface area is 157 Å². The molecule has 0 unspecified atom stereocenters. The van der Waals surface area contributed by atoms with Gasteiger partial charge < -0.3 is 4.90 Å². The Bertz CT molecular complexity index is 938. The van der Waals surface area contributed by atoms with Gasteiger partial charge in [0, 0.05) is 55.6 Å². The molecule has 0 saturated carbocycles. The van der Waals surface area contributed by atoms with Gasteiger partial charge in [-0.05, 0) is 18.6 Å². The molecule has 1 saturated heterocycles. The summed E-state index contributed by atoms with van der Waals surface area (Å²) in [6.07, 6.45) is 1.94. The summed E-state index contributed by atoms with van der Waals surface area (Å²) in [6.45, 7) is 3.92. The van der Waals surface area contributed by atoms with Crippen molar-refractivity contribution < 1.29 is 13.3 Å². The Kier molecular flexibility index (Phi) is 5.38. The third-order valence-corrected chi connectivity index (χ3v) is 5.80. The van der Waals surface area contributed by atoms with E-state index in [9.17, 15) is 18.5 Å². The Morgan fingerprint density at radius 1 is 1.11 bits per heavy atom. The first-order valence-corrected chi connectivity index (χ1v) is 10.5. The lowest BCUT2D eigenvalue weighted by Gasteiger charge is -2.34. The lowest BCUT2D eigenvalue weighted by Crippen LogP contribution is -2.48. The van der Waals surface area contributed by atoms with Crippen molar-refractivity contribution in [1.82, 2.24) is 14.3 Å². The highest BCUT2D eigenvalue weighted by Crippen LogP contribution is 2.24. The SMILES string of the molecule is CCc1cc(N2CCN(S(C)(=O)=O)CC2)nc(-c2ccc([N+](=O)[O-])cc2)n1. The normalized spacial score (nSPS) is 15.7. The number of piperazine rings is 1. The van der Waals surface area contributed by atoms with E-state index in [4.69, 9.17) is 0 Å². The van der Waals surface area contributed by atoms with Crippen molar-refractivity contribution in [3.05, 3.63) is 46.1 Å². The first kappa shape index (κ1) is 19.2. The Morgan fingerprint density at radius 3 is 2.26 bits per heavy atom. The van der Waals surface area contributed by atoms with Crippen LogP contribution in [0.1, 0.15) is 12.6 Å². The van der Waals surface area contributed by atoms with Crippen LogP contribution in [-0.2, 0) is 16.4 Å². The predicted molar refractivity (Wildman–Crippen MR) is 102 cm³/mol. The molecule has 0 radical (unpaired) electrons. The third-order valence-electron chi connectivity index (χ3n) is 4.50. The molecule has 0 N–H and O–H groups in total. The van der Waals surface area contributed by atoms with Crippen LogP contribution in [0.15, 0.2) is 30.3 Å². The molecule has 9 nitrogen and oxygen atoms in total. The number of benzene rings is 1. The van der Waals surface area contributed by atoms with Crippen LogP contribution in [0.5, 0.6) is 0 Å². The van der Waals surface area contributed by atoms with Crippen LogP contribution >= 0.6 is 0 Å². The molecule has 1 aliphatic heterocycles. The molecular formula is C17H21N5O4S. The second-order valence-electron chi connectivity index (χ2n) is 6.35. The fraction of sp³-hybridized carbons (Fsp3) is 0.412. The second-order valence-corrected chi connectivity index (χ2v) is 8.33. The summed E-state index contributed by atoms with van der Waals surface area (Å²) in [5.41, 5.74) is 1.58. The van der Waals surface area contributed by atoms with Crippen molar-refractivity contribution in [2.24, 2.45) is 0 Å².